The number of nitrogens with one attached hydrogen (secondary N) is 3. The number of carboxylic acids is 2. The van der Waals surface area contributed by atoms with E-state index in [-0.39, 0.29) is 25.2 Å². The first-order valence-corrected chi connectivity index (χ1v) is 6.81. The molecule has 0 bridgehead atoms. The molecule has 0 saturated heterocycles. The molecule has 0 aliphatic rings. The van der Waals surface area contributed by atoms with Gasteiger partial charge in [0.1, 0.15) is 6.04 Å². The van der Waals surface area contributed by atoms with Crippen molar-refractivity contribution in [3.8, 4) is 0 Å². The molecule has 0 aliphatic heterocycles. The van der Waals surface area contributed by atoms with Crippen molar-refractivity contribution in [3.05, 3.63) is 0 Å². The highest BCUT2D eigenvalue weighted by Gasteiger charge is 2.12. The van der Waals surface area contributed by atoms with E-state index in [2.05, 4.69) is 16.0 Å². The summed E-state index contributed by atoms with van der Waals surface area (Å²) in [6.45, 7) is 2.76. The molecule has 0 aliphatic carbocycles. The lowest BCUT2D eigenvalue weighted by molar-refractivity contribution is -0.139. The van der Waals surface area contributed by atoms with Gasteiger partial charge in [-0.05, 0) is 6.42 Å². The first-order chi connectivity index (χ1) is 9.93. The number of amides is 1. The monoisotopic (exact) mass is 304 g/mol. The molecule has 0 unspecified atom stereocenters. The van der Waals surface area contributed by atoms with Gasteiger partial charge >= 0.3 is 11.9 Å². The summed E-state index contributed by atoms with van der Waals surface area (Å²) in [7, 11) is 0. The number of hydrogen-bond donors (Lipinski definition) is 6. The second-order valence-corrected chi connectivity index (χ2v) is 4.48. The van der Waals surface area contributed by atoms with Crippen LogP contribution in [-0.4, -0.2) is 66.8 Å². The summed E-state index contributed by atoms with van der Waals surface area (Å²) in [6.07, 6.45) is 0.293. The Morgan fingerprint density at radius 1 is 0.905 bits per heavy atom. The van der Waals surface area contributed by atoms with Crippen LogP contribution in [0.3, 0.4) is 0 Å². The van der Waals surface area contributed by atoms with Crippen molar-refractivity contribution < 1.29 is 24.6 Å². The Balaban J connectivity index is 3.32. The predicted octanol–water partition coefficient (Wildman–Crippen LogP) is -2.05. The van der Waals surface area contributed by atoms with Crippen LogP contribution in [0.15, 0.2) is 0 Å². The third-order valence-electron chi connectivity index (χ3n) is 2.62. The first kappa shape index (κ1) is 19.3. The lowest BCUT2D eigenvalue weighted by Crippen LogP contribution is -2.36. The number of carbonyl (C=O) groups is 3. The Hall–Kier alpha value is -1.71. The minimum atomic E-state index is -1.11. The highest BCUT2D eigenvalue weighted by molar-refractivity contribution is 5.78. The Morgan fingerprint density at radius 2 is 1.48 bits per heavy atom. The zero-order valence-electron chi connectivity index (χ0n) is 11.9. The minimum absolute atomic E-state index is 0.0875. The Bertz CT molecular complexity index is 338. The van der Waals surface area contributed by atoms with Crippen molar-refractivity contribution in [2.45, 2.75) is 25.3 Å². The van der Waals surface area contributed by atoms with Gasteiger partial charge in [0.15, 0.2) is 0 Å². The summed E-state index contributed by atoms with van der Waals surface area (Å²) in [5.41, 5.74) is 5.28. The van der Waals surface area contributed by atoms with Gasteiger partial charge in [0.25, 0.3) is 0 Å². The van der Waals surface area contributed by atoms with Gasteiger partial charge in [-0.25, -0.2) is 0 Å². The maximum Gasteiger partial charge on any atom is 0.320 e. The van der Waals surface area contributed by atoms with E-state index in [4.69, 9.17) is 15.9 Å². The van der Waals surface area contributed by atoms with E-state index < -0.39 is 18.0 Å². The average Bonchev–Trinajstić information content (AvgIpc) is 2.42. The molecule has 122 valence electrons. The van der Waals surface area contributed by atoms with Gasteiger partial charge in [0.05, 0.1) is 6.42 Å². The molecule has 9 nitrogen and oxygen atoms in total. The quantitative estimate of drug-likeness (QED) is 0.212. The van der Waals surface area contributed by atoms with Crippen LogP contribution in [-0.2, 0) is 14.4 Å². The molecular formula is C12H24N4O5. The number of carbonyl (C=O) groups excluding carboxylic acids is 1. The Kier molecular flexibility index (Phi) is 11.1. The average molecular weight is 304 g/mol. The van der Waals surface area contributed by atoms with E-state index in [9.17, 15) is 14.4 Å². The summed E-state index contributed by atoms with van der Waals surface area (Å²) in [6, 6.07) is -1.01. The molecule has 0 aromatic heterocycles. The molecule has 0 aromatic carbocycles. The fourth-order valence-corrected chi connectivity index (χ4v) is 1.41. The van der Waals surface area contributed by atoms with Gasteiger partial charge in [0.2, 0.25) is 5.91 Å². The van der Waals surface area contributed by atoms with Gasteiger partial charge in [-0.2, -0.15) is 0 Å². The van der Waals surface area contributed by atoms with Gasteiger partial charge < -0.3 is 31.9 Å². The minimum Gasteiger partial charge on any atom is -0.481 e. The molecule has 0 aromatic rings. The van der Waals surface area contributed by atoms with Crippen molar-refractivity contribution in [1.82, 2.24) is 16.0 Å². The largest absolute Gasteiger partial charge is 0.481 e. The second kappa shape index (κ2) is 12.1. The predicted molar refractivity (Wildman–Crippen MR) is 75.8 cm³/mol. The zero-order valence-corrected chi connectivity index (χ0v) is 11.9. The van der Waals surface area contributed by atoms with Crippen molar-refractivity contribution >= 4 is 17.8 Å². The SMILES string of the molecule is N[C@@H](CCC(=O)NCCNCCNCCC(=O)O)C(=O)O. The molecule has 0 saturated carbocycles. The van der Waals surface area contributed by atoms with E-state index in [1.165, 1.54) is 0 Å². The number of nitrogens with two attached hydrogens (primary N) is 1. The van der Waals surface area contributed by atoms with Crippen LogP contribution < -0.4 is 21.7 Å². The maximum absolute atomic E-state index is 11.4. The molecule has 0 rings (SSSR count). The van der Waals surface area contributed by atoms with E-state index in [1.54, 1.807) is 0 Å². The lowest BCUT2D eigenvalue weighted by Gasteiger charge is -2.08. The van der Waals surface area contributed by atoms with Crippen molar-refractivity contribution in [3.63, 3.8) is 0 Å². The molecule has 0 heterocycles. The van der Waals surface area contributed by atoms with Crippen molar-refractivity contribution in [2.24, 2.45) is 5.73 Å². The summed E-state index contributed by atoms with van der Waals surface area (Å²) >= 11 is 0. The normalized spacial score (nSPS) is 11.9. The van der Waals surface area contributed by atoms with Crippen LogP contribution in [0.5, 0.6) is 0 Å². The van der Waals surface area contributed by atoms with Crippen molar-refractivity contribution in [2.75, 3.05) is 32.7 Å². The van der Waals surface area contributed by atoms with Crippen LogP contribution >= 0.6 is 0 Å². The molecular weight excluding hydrogens is 280 g/mol. The highest BCUT2D eigenvalue weighted by atomic mass is 16.4. The van der Waals surface area contributed by atoms with Gasteiger partial charge in [-0.1, -0.05) is 0 Å². The van der Waals surface area contributed by atoms with Gasteiger partial charge in [-0.3, -0.25) is 14.4 Å². The van der Waals surface area contributed by atoms with E-state index >= 15 is 0 Å². The van der Waals surface area contributed by atoms with E-state index in [0.29, 0.717) is 32.7 Å². The summed E-state index contributed by atoms with van der Waals surface area (Å²) in [4.78, 5) is 32.0. The molecule has 1 amide bonds. The lowest BCUT2D eigenvalue weighted by atomic mass is 10.1. The number of aliphatic carboxylic acids is 2. The third-order valence-corrected chi connectivity index (χ3v) is 2.62. The highest BCUT2D eigenvalue weighted by Crippen LogP contribution is 1.94. The fourth-order valence-electron chi connectivity index (χ4n) is 1.41. The molecule has 9 heteroatoms. The molecule has 21 heavy (non-hydrogen) atoms. The number of hydrogen-bond acceptors (Lipinski definition) is 6. The molecule has 7 N–H and O–H groups in total. The Morgan fingerprint density at radius 3 is 2.05 bits per heavy atom. The smallest absolute Gasteiger partial charge is 0.320 e. The van der Waals surface area contributed by atoms with Crippen molar-refractivity contribution in [1.29, 1.82) is 0 Å². The second-order valence-electron chi connectivity index (χ2n) is 4.48. The standard InChI is InChI=1S/C12H24N4O5/c13-9(12(20)21)1-2-10(17)16-8-7-15-6-5-14-4-3-11(18)19/h9,14-15H,1-8,13H2,(H,16,17)(H,18,19)(H,20,21)/t9-/m0/s1. The van der Waals surface area contributed by atoms with Crippen LogP contribution in [0.25, 0.3) is 0 Å². The molecule has 0 spiro atoms. The molecule has 0 fully saturated rings. The number of rotatable bonds is 13. The summed E-state index contributed by atoms with van der Waals surface area (Å²) < 4.78 is 0. The van der Waals surface area contributed by atoms with Crippen LogP contribution in [0, 0.1) is 0 Å². The van der Waals surface area contributed by atoms with E-state index in [1.807, 2.05) is 0 Å². The van der Waals surface area contributed by atoms with Crippen LogP contribution in [0.4, 0.5) is 0 Å². The Labute approximate surface area is 123 Å². The fraction of sp³-hybridized carbons (Fsp3) is 0.750. The summed E-state index contributed by atoms with van der Waals surface area (Å²) in [5.74, 6) is -2.17. The zero-order chi connectivity index (χ0) is 16.1. The number of carboxylic acid groups (broad SMARTS) is 2. The first-order valence-electron chi connectivity index (χ1n) is 6.81. The van der Waals surface area contributed by atoms with Crippen LogP contribution in [0.1, 0.15) is 19.3 Å². The topological polar surface area (TPSA) is 154 Å². The third kappa shape index (κ3) is 13.0. The van der Waals surface area contributed by atoms with Gasteiger partial charge in [-0.15, -0.1) is 0 Å². The van der Waals surface area contributed by atoms with E-state index in [0.717, 1.165) is 0 Å². The van der Waals surface area contributed by atoms with Gasteiger partial charge in [0, 0.05) is 39.1 Å². The molecule has 0 radical (unpaired) electrons. The summed E-state index contributed by atoms with van der Waals surface area (Å²) in [5, 5.41) is 25.6. The maximum atomic E-state index is 11.4. The van der Waals surface area contributed by atoms with Crippen LogP contribution in [0.2, 0.25) is 0 Å². The molecule has 1 atom stereocenters.